The summed E-state index contributed by atoms with van der Waals surface area (Å²) in [5, 5.41) is 0. The predicted molar refractivity (Wildman–Crippen MR) is 129 cm³/mol. The van der Waals surface area contributed by atoms with Crippen LogP contribution in [0.1, 0.15) is 51.4 Å². The van der Waals surface area contributed by atoms with Crippen LogP contribution >= 0.6 is 11.8 Å². The lowest BCUT2D eigenvalue weighted by molar-refractivity contribution is -0.234. The Morgan fingerprint density at radius 1 is 0.853 bits per heavy atom. The zero-order valence-electron chi connectivity index (χ0n) is 20.1. The van der Waals surface area contributed by atoms with Crippen molar-refractivity contribution in [2.24, 2.45) is 0 Å². The summed E-state index contributed by atoms with van der Waals surface area (Å²) in [4.78, 5) is 26.0. The Morgan fingerprint density at radius 2 is 1.50 bits per heavy atom. The second-order valence-electron chi connectivity index (χ2n) is 8.47. The van der Waals surface area contributed by atoms with Crippen molar-refractivity contribution in [3.05, 3.63) is 42.5 Å². The second-order valence-corrected chi connectivity index (χ2v) is 9.65. The van der Waals surface area contributed by atoms with Crippen molar-refractivity contribution >= 4 is 23.7 Å². The van der Waals surface area contributed by atoms with Crippen LogP contribution in [0.25, 0.3) is 0 Å². The van der Waals surface area contributed by atoms with E-state index in [0.29, 0.717) is 12.8 Å². The van der Waals surface area contributed by atoms with Gasteiger partial charge in [0.15, 0.2) is 6.10 Å². The van der Waals surface area contributed by atoms with Gasteiger partial charge in [-0.05, 0) is 50.7 Å². The Hall–Kier alpha value is -1.87. The molecule has 34 heavy (non-hydrogen) atoms. The molecule has 0 radical (unpaired) electrons. The van der Waals surface area contributed by atoms with E-state index in [1.165, 1.54) is 11.8 Å². The van der Waals surface area contributed by atoms with Crippen molar-refractivity contribution in [1.29, 1.82) is 0 Å². The van der Waals surface area contributed by atoms with E-state index in [4.69, 9.17) is 23.7 Å². The number of ether oxygens (including phenoxy) is 5. The standard InChI is InChI=1S/C26H36O7S/c1-29-24-23-20(32-26(25(24)30-2)34-19-14-10-9-11-15-19)18-31-21(27)16-12-7-5-3-4-6-8-13-17-22(28)33-23/h3-4,9-11,14-15,20,23-26H,5-8,12-13,16-18H2,1-2H3/t20-,23-,24+,25-,26+/m1/s1. The lowest BCUT2D eigenvalue weighted by atomic mass is 9.99. The molecule has 2 aliphatic heterocycles. The maximum Gasteiger partial charge on any atom is 0.306 e. The zero-order chi connectivity index (χ0) is 24.2. The van der Waals surface area contributed by atoms with Gasteiger partial charge in [0.1, 0.15) is 30.4 Å². The summed E-state index contributed by atoms with van der Waals surface area (Å²) in [7, 11) is 3.16. The molecule has 0 N–H and O–H groups in total. The maximum absolute atomic E-state index is 12.7. The summed E-state index contributed by atoms with van der Waals surface area (Å²) in [6, 6.07) is 9.84. The predicted octanol–water partition coefficient (Wildman–Crippen LogP) is 4.68. The first-order valence-electron chi connectivity index (χ1n) is 12.0. The van der Waals surface area contributed by atoms with E-state index in [-0.39, 0.29) is 18.5 Å². The van der Waals surface area contributed by atoms with E-state index < -0.39 is 29.9 Å². The number of methoxy groups -OCH3 is 2. The molecule has 0 aliphatic carbocycles. The highest BCUT2D eigenvalue weighted by molar-refractivity contribution is 7.99. The van der Waals surface area contributed by atoms with Gasteiger partial charge in [0.2, 0.25) is 0 Å². The molecular weight excluding hydrogens is 456 g/mol. The highest BCUT2D eigenvalue weighted by atomic mass is 32.2. The Labute approximate surface area is 206 Å². The minimum Gasteiger partial charge on any atom is -0.463 e. The van der Waals surface area contributed by atoms with Gasteiger partial charge in [-0.1, -0.05) is 42.1 Å². The van der Waals surface area contributed by atoms with E-state index in [9.17, 15) is 9.59 Å². The molecular formula is C26H36O7S. The van der Waals surface area contributed by atoms with Crippen LogP contribution in [0.5, 0.6) is 0 Å². The molecule has 8 heteroatoms. The fraction of sp³-hybridized carbons (Fsp3) is 0.615. The minimum absolute atomic E-state index is 0.0151. The number of hydrogen-bond donors (Lipinski definition) is 0. The number of hydrogen-bond acceptors (Lipinski definition) is 8. The number of cyclic esters (lactones) is 1. The third-order valence-corrected chi connectivity index (χ3v) is 7.13. The molecule has 7 nitrogen and oxygen atoms in total. The zero-order valence-corrected chi connectivity index (χ0v) is 20.9. The van der Waals surface area contributed by atoms with Crippen molar-refractivity contribution in [3.8, 4) is 0 Å². The molecule has 0 bridgehead atoms. The van der Waals surface area contributed by atoms with Crippen molar-refractivity contribution in [1.82, 2.24) is 0 Å². The van der Waals surface area contributed by atoms with Crippen molar-refractivity contribution in [2.45, 2.75) is 86.1 Å². The first-order valence-corrected chi connectivity index (χ1v) is 12.9. The number of benzene rings is 1. The van der Waals surface area contributed by atoms with E-state index in [1.54, 1.807) is 14.2 Å². The monoisotopic (exact) mass is 492 g/mol. The highest BCUT2D eigenvalue weighted by Gasteiger charge is 2.49. The highest BCUT2D eigenvalue weighted by Crippen LogP contribution is 2.37. The Morgan fingerprint density at radius 3 is 2.15 bits per heavy atom. The van der Waals surface area contributed by atoms with E-state index >= 15 is 0 Å². The van der Waals surface area contributed by atoms with Crippen LogP contribution in [0, 0.1) is 0 Å². The van der Waals surface area contributed by atoms with Crippen molar-refractivity contribution < 1.29 is 33.3 Å². The lowest BCUT2D eigenvalue weighted by Crippen LogP contribution is -2.60. The maximum atomic E-state index is 12.7. The summed E-state index contributed by atoms with van der Waals surface area (Å²) in [5.41, 5.74) is -0.434. The molecule has 0 saturated carbocycles. The van der Waals surface area contributed by atoms with Gasteiger partial charge in [-0.3, -0.25) is 9.59 Å². The molecule has 2 aliphatic rings. The van der Waals surface area contributed by atoms with E-state index in [2.05, 4.69) is 12.2 Å². The molecule has 188 valence electrons. The molecule has 2 heterocycles. The molecule has 1 aromatic carbocycles. The molecule has 5 atom stereocenters. The number of esters is 2. The van der Waals surface area contributed by atoms with Crippen LogP contribution in [-0.4, -0.2) is 62.6 Å². The van der Waals surface area contributed by atoms with Gasteiger partial charge in [0, 0.05) is 32.0 Å². The molecule has 0 spiro atoms. The molecule has 3 rings (SSSR count). The number of carbonyl (C=O) groups excluding carboxylic acids is 2. The fourth-order valence-corrected chi connectivity index (χ4v) is 5.34. The number of allylic oxidation sites excluding steroid dienone is 2. The van der Waals surface area contributed by atoms with Gasteiger partial charge >= 0.3 is 11.9 Å². The molecule has 1 fully saturated rings. The Bertz CT molecular complexity index is 785. The molecule has 1 saturated heterocycles. The minimum atomic E-state index is -0.751. The average Bonchev–Trinajstić information content (AvgIpc) is 2.84. The third-order valence-electron chi connectivity index (χ3n) is 5.98. The Balaban J connectivity index is 1.78. The quantitative estimate of drug-likeness (QED) is 0.443. The third kappa shape index (κ3) is 8.12. The number of fused-ring (bicyclic) bond motifs is 1. The van der Waals surface area contributed by atoms with Gasteiger partial charge in [0.25, 0.3) is 0 Å². The van der Waals surface area contributed by atoms with Crippen LogP contribution in [0.3, 0.4) is 0 Å². The number of thioether (sulfide) groups is 1. The van der Waals surface area contributed by atoms with Gasteiger partial charge in [-0.15, -0.1) is 0 Å². The summed E-state index contributed by atoms with van der Waals surface area (Å²) in [6.07, 6.45) is 7.71. The van der Waals surface area contributed by atoms with Crippen LogP contribution in [-0.2, 0) is 33.3 Å². The Kier molecular flexibility index (Phi) is 11.4. The average molecular weight is 493 g/mol. The SMILES string of the molecule is CO[C@@H]1[C@@H](OC)[C@H](Sc2ccccc2)O[C@@H]2COC(=O)CCCCC=CCCCCC(=O)O[C@@H]12. The second kappa shape index (κ2) is 14.5. The first kappa shape index (κ1) is 26.7. The van der Waals surface area contributed by atoms with Crippen LogP contribution < -0.4 is 0 Å². The van der Waals surface area contributed by atoms with E-state index in [0.717, 1.165) is 43.4 Å². The summed E-state index contributed by atoms with van der Waals surface area (Å²) >= 11 is 1.50. The first-order chi connectivity index (χ1) is 16.6. The number of carbonyl (C=O) groups is 2. The fourth-order valence-electron chi connectivity index (χ4n) is 4.16. The molecule has 0 aromatic heterocycles. The van der Waals surface area contributed by atoms with Gasteiger partial charge in [0.05, 0.1) is 0 Å². The summed E-state index contributed by atoms with van der Waals surface area (Å²) in [5.74, 6) is -0.596. The topological polar surface area (TPSA) is 80.3 Å². The van der Waals surface area contributed by atoms with Gasteiger partial charge in [-0.25, -0.2) is 0 Å². The summed E-state index contributed by atoms with van der Waals surface area (Å²) in [6.45, 7) is -0.0151. The largest absolute Gasteiger partial charge is 0.463 e. The van der Waals surface area contributed by atoms with Gasteiger partial charge in [-0.2, -0.15) is 0 Å². The number of rotatable bonds is 4. The molecule has 1 aromatic rings. The normalized spacial score (nSPS) is 30.0. The van der Waals surface area contributed by atoms with Crippen molar-refractivity contribution in [3.63, 3.8) is 0 Å². The summed E-state index contributed by atoms with van der Waals surface area (Å²) < 4.78 is 29.3. The van der Waals surface area contributed by atoms with Gasteiger partial charge < -0.3 is 23.7 Å². The lowest BCUT2D eigenvalue weighted by Gasteiger charge is -2.44. The van der Waals surface area contributed by atoms with Crippen LogP contribution in [0.15, 0.2) is 47.4 Å². The van der Waals surface area contributed by atoms with Crippen molar-refractivity contribution in [2.75, 3.05) is 20.8 Å². The molecule has 0 unspecified atom stereocenters. The smallest absolute Gasteiger partial charge is 0.306 e. The van der Waals surface area contributed by atoms with Crippen LogP contribution in [0.2, 0.25) is 0 Å². The molecule has 0 amide bonds. The van der Waals surface area contributed by atoms with Crippen LogP contribution in [0.4, 0.5) is 0 Å². The van der Waals surface area contributed by atoms with E-state index in [1.807, 2.05) is 30.3 Å².